The van der Waals surface area contributed by atoms with Crippen molar-refractivity contribution in [3.63, 3.8) is 0 Å². The molecule has 0 spiro atoms. The Kier molecular flexibility index (Phi) is 2.80. The van der Waals surface area contributed by atoms with Crippen molar-refractivity contribution in [2.24, 2.45) is 0 Å². The molecule has 2 heterocycles. The van der Waals surface area contributed by atoms with Gasteiger partial charge in [-0.05, 0) is 24.6 Å². The van der Waals surface area contributed by atoms with Gasteiger partial charge in [-0.1, -0.05) is 12.1 Å². The Morgan fingerprint density at radius 3 is 2.83 bits per heavy atom. The van der Waals surface area contributed by atoms with Crippen LogP contribution in [0.2, 0.25) is 0 Å². The number of nitrogen functional groups attached to an aromatic ring is 1. The number of hydrogen-bond donors (Lipinski definition) is 1. The summed E-state index contributed by atoms with van der Waals surface area (Å²) in [6.45, 7) is 5.36. The Labute approximate surface area is 106 Å². The zero-order valence-electron chi connectivity index (χ0n) is 10.5. The zero-order valence-corrected chi connectivity index (χ0v) is 10.5. The zero-order chi connectivity index (χ0) is 12.5. The molecule has 1 aliphatic rings. The van der Waals surface area contributed by atoms with Gasteiger partial charge in [-0.25, -0.2) is 4.98 Å². The Morgan fingerprint density at radius 2 is 2.06 bits per heavy atom. The number of benzene rings is 1. The lowest BCUT2D eigenvalue weighted by Crippen LogP contribution is -2.36. The van der Waals surface area contributed by atoms with Gasteiger partial charge in [0.2, 0.25) is 0 Å². The number of morpholine rings is 1. The van der Waals surface area contributed by atoms with Gasteiger partial charge in [0, 0.05) is 18.5 Å². The number of aromatic nitrogens is 1. The Bertz CT molecular complexity index is 577. The second kappa shape index (κ2) is 4.46. The molecule has 0 saturated carbocycles. The summed E-state index contributed by atoms with van der Waals surface area (Å²) in [4.78, 5) is 6.86. The van der Waals surface area contributed by atoms with E-state index in [1.807, 2.05) is 6.92 Å². The number of anilines is 2. The molecule has 1 aliphatic heterocycles. The highest BCUT2D eigenvalue weighted by molar-refractivity contribution is 5.92. The van der Waals surface area contributed by atoms with Crippen LogP contribution in [-0.2, 0) is 4.74 Å². The van der Waals surface area contributed by atoms with Crippen LogP contribution in [0.5, 0.6) is 0 Å². The summed E-state index contributed by atoms with van der Waals surface area (Å²) in [7, 11) is 0. The molecule has 4 nitrogen and oxygen atoms in total. The van der Waals surface area contributed by atoms with Gasteiger partial charge in [-0.3, -0.25) is 0 Å². The van der Waals surface area contributed by atoms with E-state index in [0.717, 1.165) is 48.5 Å². The number of fused-ring (bicyclic) bond motifs is 1. The summed E-state index contributed by atoms with van der Waals surface area (Å²) in [5, 5.41) is 1.14. The maximum absolute atomic E-state index is 5.93. The summed E-state index contributed by atoms with van der Waals surface area (Å²) in [6.07, 6.45) is 0. The van der Waals surface area contributed by atoms with Crippen LogP contribution in [0.3, 0.4) is 0 Å². The minimum atomic E-state index is 0.614. The topological polar surface area (TPSA) is 51.4 Å². The van der Waals surface area contributed by atoms with Gasteiger partial charge < -0.3 is 15.4 Å². The third-order valence-electron chi connectivity index (χ3n) is 3.41. The molecule has 1 aromatic heterocycles. The molecule has 0 atom stereocenters. The molecule has 4 heteroatoms. The Hall–Kier alpha value is -1.81. The summed E-state index contributed by atoms with van der Waals surface area (Å²) < 4.78 is 5.39. The first kappa shape index (κ1) is 11.3. The fourth-order valence-corrected chi connectivity index (χ4v) is 2.36. The standard InChI is InChI=1S/C14H17N3O/c1-10-9-11-3-2-4-12(13(11)16-14(10)15)17-5-7-18-8-6-17/h2-4,9H,5-8H2,1H3,(H2,15,16). The predicted molar refractivity (Wildman–Crippen MR) is 73.9 cm³/mol. The van der Waals surface area contributed by atoms with Crippen LogP contribution >= 0.6 is 0 Å². The molecule has 1 saturated heterocycles. The minimum absolute atomic E-state index is 0.614. The van der Waals surface area contributed by atoms with Crippen molar-refractivity contribution in [1.82, 2.24) is 4.98 Å². The lowest BCUT2D eigenvalue weighted by Gasteiger charge is -2.29. The highest BCUT2D eigenvalue weighted by Crippen LogP contribution is 2.28. The van der Waals surface area contributed by atoms with E-state index in [1.165, 1.54) is 0 Å². The van der Waals surface area contributed by atoms with Crippen LogP contribution in [0, 0.1) is 6.92 Å². The number of ether oxygens (including phenoxy) is 1. The van der Waals surface area contributed by atoms with E-state index in [1.54, 1.807) is 0 Å². The normalized spacial score (nSPS) is 16.2. The number of hydrogen-bond acceptors (Lipinski definition) is 4. The van der Waals surface area contributed by atoms with Crippen molar-refractivity contribution in [3.05, 3.63) is 29.8 Å². The molecule has 18 heavy (non-hydrogen) atoms. The van der Waals surface area contributed by atoms with Crippen molar-refractivity contribution in [2.75, 3.05) is 36.9 Å². The third kappa shape index (κ3) is 1.88. The fourth-order valence-electron chi connectivity index (χ4n) is 2.36. The van der Waals surface area contributed by atoms with Crippen molar-refractivity contribution in [2.45, 2.75) is 6.92 Å². The summed E-state index contributed by atoms with van der Waals surface area (Å²) >= 11 is 0. The summed E-state index contributed by atoms with van der Waals surface area (Å²) in [5.74, 6) is 0.614. The van der Waals surface area contributed by atoms with Gasteiger partial charge in [0.1, 0.15) is 5.82 Å². The lowest BCUT2D eigenvalue weighted by atomic mass is 10.1. The van der Waals surface area contributed by atoms with Gasteiger partial charge in [0.05, 0.1) is 24.4 Å². The number of nitrogens with two attached hydrogens (primary N) is 1. The maximum Gasteiger partial charge on any atom is 0.127 e. The number of pyridine rings is 1. The minimum Gasteiger partial charge on any atom is -0.383 e. The first-order chi connectivity index (χ1) is 8.75. The molecular formula is C14H17N3O. The molecule has 2 aromatic rings. The second-order valence-electron chi connectivity index (χ2n) is 4.64. The molecular weight excluding hydrogens is 226 g/mol. The van der Waals surface area contributed by atoms with E-state index in [0.29, 0.717) is 5.82 Å². The van der Waals surface area contributed by atoms with Crippen LogP contribution in [0.15, 0.2) is 24.3 Å². The van der Waals surface area contributed by atoms with Gasteiger partial charge in [0.15, 0.2) is 0 Å². The molecule has 1 fully saturated rings. The molecule has 0 unspecified atom stereocenters. The molecule has 0 amide bonds. The lowest BCUT2D eigenvalue weighted by molar-refractivity contribution is 0.123. The molecule has 0 bridgehead atoms. The average Bonchev–Trinajstić information content (AvgIpc) is 2.40. The SMILES string of the molecule is Cc1cc2cccc(N3CCOCC3)c2nc1N. The molecule has 94 valence electrons. The van der Waals surface area contributed by atoms with Crippen molar-refractivity contribution in [3.8, 4) is 0 Å². The van der Waals surface area contributed by atoms with E-state index in [9.17, 15) is 0 Å². The average molecular weight is 243 g/mol. The number of para-hydroxylation sites is 1. The third-order valence-corrected chi connectivity index (χ3v) is 3.41. The molecule has 2 N–H and O–H groups in total. The van der Waals surface area contributed by atoms with E-state index >= 15 is 0 Å². The van der Waals surface area contributed by atoms with Crippen LogP contribution in [-0.4, -0.2) is 31.3 Å². The quantitative estimate of drug-likeness (QED) is 0.832. The summed E-state index contributed by atoms with van der Waals surface area (Å²) in [6, 6.07) is 8.36. The monoisotopic (exact) mass is 243 g/mol. The molecule has 1 aromatic carbocycles. The Balaban J connectivity index is 2.13. The summed E-state index contributed by atoms with van der Waals surface area (Å²) in [5.41, 5.74) is 9.10. The van der Waals surface area contributed by atoms with Gasteiger partial charge in [-0.15, -0.1) is 0 Å². The molecule has 0 aliphatic carbocycles. The number of rotatable bonds is 1. The Morgan fingerprint density at radius 1 is 1.28 bits per heavy atom. The van der Waals surface area contributed by atoms with E-state index in [2.05, 4.69) is 34.1 Å². The number of nitrogens with zero attached hydrogens (tertiary/aromatic N) is 2. The van der Waals surface area contributed by atoms with Gasteiger partial charge >= 0.3 is 0 Å². The van der Waals surface area contributed by atoms with Crippen LogP contribution in [0.1, 0.15) is 5.56 Å². The molecule has 0 radical (unpaired) electrons. The first-order valence-electron chi connectivity index (χ1n) is 6.24. The van der Waals surface area contributed by atoms with Gasteiger partial charge in [0.25, 0.3) is 0 Å². The smallest absolute Gasteiger partial charge is 0.127 e. The number of aryl methyl sites for hydroxylation is 1. The van der Waals surface area contributed by atoms with E-state index in [-0.39, 0.29) is 0 Å². The predicted octanol–water partition coefficient (Wildman–Crippen LogP) is 1.96. The maximum atomic E-state index is 5.93. The van der Waals surface area contributed by atoms with Crippen molar-refractivity contribution in [1.29, 1.82) is 0 Å². The highest BCUT2D eigenvalue weighted by atomic mass is 16.5. The highest BCUT2D eigenvalue weighted by Gasteiger charge is 2.15. The van der Waals surface area contributed by atoms with E-state index in [4.69, 9.17) is 10.5 Å². The van der Waals surface area contributed by atoms with Crippen LogP contribution in [0.4, 0.5) is 11.5 Å². The largest absolute Gasteiger partial charge is 0.383 e. The van der Waals surface area contributed by atoms with E-state index < -0.39 is 0 Å². The fraction of sp³-hybridized carbons (Fsp3) is 0.357. The molecule has 3 rings (SSSR count). The van der Waals surface area contributed by atoms with Crippen LogP contribution in [0.25, 0.3) is 10.9 Å². The van der Waals surface area contributed by atoms with Gasteiger partial charge in [-0.2, -0.15) is 0 Å². The van der Waals surface area contributed by atoms with Crippen LogP contribution < -0.4 is 10.6 Å². The van der Waals surface area contributed by atoms with Crippen molar-refractivity contribution < 1.29 is 4.74 Å². The second-order valence-corrected chi connectivity index (χ2v) is 4.64. The first-order valence-corrected chi connectivity index (χ1v) is 6.24. The van der Waals surface area contributed by atoms with Crippen molar-refractivity contribution >= 4 is 22.4 Å².